The van der Waals surface area contributed by atoms with Crippen molar-refractivity contribution in [1.29, 1.82) is 0 Å². The van der Waals surface area contributed by atoms with Gasteiger partial charge in [-0.3, -0.25) is 0 Å². The Morgan fingerprint density at radius 1 is 1.25 bits per heavy atom. The molecule has 0 bridgehead atoms. The van der Waals surface area contributed by atoms with Crippen LogP contribution in [0.5, 0.6) is 5.75 Å². The highest BCUT2D eigenvalue weighted by atomic mass is 16.7. The molecule has 0 N–H and O–H groups in total. The predicted molar refractivity (Wildman–Crippen MR) is 75.6 cm³/mol. The minimum absolute atomic E-state index is 0.0389. The Morgan fingerprint density at radius 2 is 1.85 bits per heavy atom. The number of rotatable bonds is 5. The lowest BCUT2D eigenvalue weighted by Gasteiger charge is -2.20. The zero-order valence-corrected chi connectivity index (χ0v) is 12.7. The minimum atomic E-state index is -0.884. The summed E-state index contributed by atoms with van der Waals surface area (Å²) >= 11 is 0. The molecule has 1 heterocycles. The van der Waals surface area contributed by atoms with Crippen LogP contribution in [0.25, 0.3) is 0 Å². The van der Waals surface area contributed by atoms with Crippen LogP contribution in [0, 0.1) is 5.92 Å². The molecule has 0 aromatic heterocycles. The number of carbonyl (C=O) groups is 1. The second kappa shape index (κ2) is 5.09. The van der Waals surface area contributed by atoms with E-state index in [9.17, 15) is 4.79 Å². The van der Waals surface area contributed by atoms with Crippen molar-refractivity contribution in [3.8, 4) is 5.75 Å². The first-order valence-corrected chi connectivity index (χ1v) is 6.91. The van der Waals surface area contributed by atoms with Crippen molar-refractivity contribution in [2.75, 3.05) is 14.2 Å². The Labute approximate surface area is 120 Å². The van der Waals surface area contributed by atoms with Gasteiger partial charge in [0.05, 0.1) is 14.2 Å². The van der Waals surface area contributed by atoms with Gasteiger partial charge in [-0.15, -0.1) is 0 Å². The maximum Gasteiger partial charge on any atom is 0.341 e. The summed E-state index contributed by atoms with van der Waals surface area (Å²) in [7, 11) is 3.04. The molecule has 1 fully saturated rings. The Bertz CT molecular complexity index is 494. The molecule has 1 aliphatic rings. The Morgan fingerprint density at radius 3 is 2.25 bits per heavy atom. The molecule has 0 saturated carbocycles. The third kappa shape index (κ3) is 1.82. The molecule has 2 unspecified atom stereocenters. The molecule has 2 rings (SSSR count). The van der Waals surface area contributed by atoms with Gasteiger partial charge in [-0.05, 0) is 30.0 Å². The molecule has 20 heavy (non-hydrogen) atoms. The molecule has 110 valence electrons. The van der Waals surface area contributed by atoms with Gasteiger partial charge in [0.25, 0.3) is 0 Å². The Balaban J connectivity index is 2.43. The maximum atomic E-state index is 12.2. The molecule has 1 saturated heterocycles. The highest BCUT2D eigenvalue weighted by molar-refractivity contribution is 5.85. The van der Waals surface area contributed by atoms with E-state index in [-0.39, 0.29) is 11.9 Å². The number of methoxy groups -OCH3 is 2. The van der Waals surface area contributed by atoms with E-state index < -0.39 is 11.2 Å². The molecular formula is C16H22O4. The summed E-state index contributed by atoms with van der Waals surface area (Å²) < 4.78 is 16.1. The zero-order valence-electron chi connectivity index (χ0n) is 12.7. The zero-order chi connectivity index (χ0) is 15.0. The van der Waals surface area contributed by atoms with Crippen LogP contribution in [0.2, 0.25) is 0 Å². The van der Waals surface area contributed by atoms with Crippen molar-refractivity contribution >= 4 is 5.97 Å². The first-order chi connectivity index (χ1) is 9.48. The van der Waals surface area contributed by atoms with E-state index in [1.165, 1.54) is 7.11 Å². The predicted octanol–water partition coefficient (Wildman–Crippen LogP) is 2.90. The summed E-state index contributed by atoms with van der Waals surface area (Å²) in [5, 5.41) is 0. The number of ether oxygens (including phenoxy) is 3. The summed E-state index contributed by atoms with van der Waals surface area (Å²) in [6, 6.07) is 7.68. The van der Waals surface area contributed by atoms with Gasteiger partial charge in [0, 0.05) is 0 Å². The molecule has 2 atom stereocenters. The Kier molecular flexibility index (Phi) is 3.78. The van der Waals surface area contributed by atoms with E-state index in [0.717, 1.165) is 11.3 Å². The average molecular weight is 278 g/mol. The number of hydrogen-bond acceptors (Lipinski definition) is 4. The van der Waals surface area contributed by atoms with Crippen molar-refractivity contribution < 1.29 is 19.0 Å². The van der Waals surface area contributed by atoms with Gasteiger partial charge in [-0.2, -0.15) is 0 Å². The van der Waals surface area contributed by atoms with Gasteiger partial charge in [-0.1, -0.05) is 32.9 Å². The van der Waals surface area contributed by atoms with Gasteiger partial charge in [0.15, 0.2) is 0 Å². The van der Waals surface area contributed by atoms with Crippen LogP contribution in [0.3, 0.4) is 0 Å². The monoisotopic (exact) mass is 278 g/mol. The highest BCUT2D eigenvalue weighted by Crippen LogP contribution is 2.62. The standard InChI is InChI=1S/C16H22O4/c1-6-15(12-7-9-13(18-4)10-8-12)16(20-15,11(2)3)14(17)19-5/h7-11H,6H2,1-5H3. The summed E-state index contributed by atoms with van der Waals surface area (Å²) in [6.07, 6.45) is 0.715. The second-order valence-electron chi connectivity index (χ2n) is 5.39. The number of epoxide rings is 1. The normalized spacial score (nSPS) is 28.3. The van der Waals surface area contributed by atoms with Gasteiger partial charge in [0.1, 0.15) is 11.4 Å². The molecular weight excluding hydrogens is 256 g/mol. The maximum absolute atomic E-state index is 12.2. The smallest absolute Gasteiger partial charge is 0.341 e. The van der Waals surface area contributed by atoms with E-state index in [1.54, 1.807) is 7.11 Å². The van der Waals surface area contributed by atoms with Crippen molar-refractivity contribution in [2.45, 2.75) is 38.4 Å². The fourth-order valence-electron chi connectivity index (χ4n) is 3.10. The first-order valence-electron chi connectivity index (χ1n) is 6.91. The van der Waals surface area contributed by atoms with Gasteiger partial charge in [0.2, 0.25) is 5.60 Å². The van der Waals surface area contributed by atoms with Crippen LogP contribution in [0.1, 0.15) is 32.8 Å². The lowest BCUT2D eigenvalue weighted by molar-refractivity contribution is -0.148. The van der Waals surface area contributed by atoms with E-state index in [0.29, 0.717) is 6.42 Å². The van der Waals surface area contributed by atoms with E-state index >= 15 is 0 Å². The summed E-state index contributed by atoms with van der Waals surface area (Å²) in [4.78, 5) is 12.2. The average Bonchev–Trinajstić information content (AvgIpc) is 3.18. The molecule has 1 aliphatic heterocycles. The van der Waals surface area contributed by atoms with Crippen LogP contribution in [0.15, 0.2) is 24.3 Å². The molecule has 4 heteroatoms. The summed E-state index contributed by atoms with van der Waals surface area (Å²) in [5.74, 6) is 0.524. The number of hydrogen-bond donors (Lipinski definition) is 0. The van der Waals surface area contributed by atoms with E-state index in [4.69, 9.17) is 14.2 Å². The van der Waals surface area contributed by atoms with Crippen LogP contribution < -0.4 is 4.74 Å². The van der Waals surface area contributed by atoms with Crippen LogP contribution >= 0.6 is 0 Å². The highest BCUT2D eigenvalue weighted by Gasteiger charge is 2.76. The lowest BCUT2D eigenvalue weighted by atomic mass is 9.78. The van der Waals surface area contributed by atoms with E-state index in [1.807, 2.05) is 45.0 Å². The van der Waals surface area contributed by atoms with Crippen LogP contribution in [0.4, 0.5) is 0 Å². The van der Waals surface area contributed by atoms with Gasteiger partial charge >= 0.3 is 5.97 Å². The molecule has 1 aromatic rings. The van der Waals surface area contributed by atoms with Gasteiger partial charge in [-0.25, -0.2) is 4.79 Å². The van der Waals surface area contributed by atoms with Crippen molar-refractivity contribution in [3.63, 3.8) is 0 Å². The van der Waals surface area contributed by atoms with Crippen LogP contribution in [-0.4, -0.2) is 25.8 Å². The molecule has 0 radical (unpaired) electrons. The summed E-state index contributed by atoms with van der Waals surface area (Å²) in [5.41, 5.74) is -0.495. The van der Waals surface area contributed by atoms with Crippen LogP contribution in [-0.2, 0) is 19.9 Å². The fraction of sp³-hybridized carbons (Fsp3) is 0.562. The second-order valence-corrected chi connectivity index (χ2v) is 5.39. The fourth-order valence-corrected chi connectivity index (χ4v) is 3.10. The minimum Gasteiger partial charge on any atom is -0.497 e. The molecule has 0 aliphatic carbocycles. The third-order valence-corrected chi connectivity index (χ3v) is 4.25. The first kappa shape index (κ1) is 14.9. The lowest BCUT2D eigenvalue weighted by Crippen LogP contribution is -2.38. The Hall–Kier alpha value is -1.55. The number of carbonyl (C=O) groups excluding carboxylic acids is 1. The topological polar surface area (TPSA) is 48.1 Å². The summed E-state index contributed by atoms with van der Waals surface area (Å²) in [6.45, 7) is 5.99. The number of esters is 1. The molecule has 4 nitrogen and oxygen atoms in total. The SMILES string of the molecule is CCC1(c2ccc(OC)cc2)OC1(C(=O)OC)C(C)C. The van der Waals surface area contributed by atoms with E-state index in [2.05, 4.69) is 0 Å². The van der Waals surface area contributed by atoms with Crippen molar-refractivity contribution in [3.05, 3.63) is 29.8 Å². The van der Waals surface area contributed by atoms with Gasteiger partial charge < -0.3 is 14.2 Å². The number of benzene rings is 1. The molecule has 1 aromatic carbocycles. The van der Waals surface area contributed by atoms with Crippen molar-refractivity contribution in [2.24, 2.45) is 5.92 Å². The van der Waals surface area contributed by atoms with Crippen molar-refractivity contribution in [1.82, 2.24) is 0 Å². The quantitative estimate of drug-likeness (QED) is 0.614. The largest absolute Gasteiger partial charge is 0.497 e. The molecule has 0 amide bonds. The molecule has 0 spiro atoms. The third-order valence-electron chi connectivity index (χ3n) is 4.25.